The molecule has 2 aromatic rings. The van der Waals surface area contributed by atoms with E-state index in [1.54, 1.807) is 33.0 Å². The molecule has 28 heavy (non-hydrogen) atoms. The lowest BCUT2D eigenvalue weighted by Gasteiger charge is -2.19. The lowest BCUT2D eigenvalue weighted by molar-refractivity contribution is 0.558. The first kappa shape index (κ1) is 21.2. The van der Waals surface area contributed by atoms with Crippen molar-refractivity contribution in [2.45, 2.75) is 50.2 Å². The van der Waals surface area contributed by atoms with Crippen molar-refractivity contribution in [3.63, 3.8) is 0 Å². The third-order valence-corrected chi connectivity index (χ3v) is 8.16. The average Bonchev–Trinajstić information content (AvgIpc) is 2.79. The van der Waals surface area contributed by atoms with Crippen LogP contribution in [0.15, 0.2) is 30.5 Å². The van der Waals surface area contributed by atoms with Crippen LogP contribution in [0.5, 0.6) is 0 Å². The largest absolute Gasteiger partial charge is 0.323 e. The summed E-state index contributed by atoms with van der Waals surface area (Å²) in [6.45, 7) is 6.75. The minimum atomic E-state index is -3.26. The fourth-order valence-corrected chi connectivity index (χ4v) is 4.59. The number of sulfone groups is 1. The first-order valence-corrected chi connectivity index (χ1v) is 11.5. The van der Waals surface area contributed by atoms with Crippen LogP contribution in [-0.2, 0) is 28.4 Å². The van der Waals surface area contributed by atoms with E-state index in [0.717, 1.165) is 41.2 Å². The lowest BCUT2D eigenvalue weighted by atomic mass is 9.91. The molecule has 0 fully saturated rings. The van der Waals surface area contributed by atoms with Gasteiger partial charge >= 0.3 is 0 Å². The van der Waals surface area contributed by atoms with Gasteiger partial charge in [0.1, 0.15) is 0 Å². The molecule has 1 aliphatic heterocycles. The molecule has 0 aliphatic carbocycles. The summed E-state index contributed by atoms with van der Waals surface area (Å²) < 4.78 is 24.0. The van der Waals surface area contributed by atoms with Gasteiger partial charge in [-0.25, -0.2) is 8.42 Å². The fourth-order valence-electron chi connectivity index (χ4n) is 3.36. The van der Waals surface area contributed by atoms with Crippen molar-refractivity contribution in [1.82, 2.24) is 10.3 Å². The van der Waals surface area contributed by atoms with E-state index in [-0.39, 0.29) is 11.8 Å². The Kier molecular flexibility index (Phi) is 6.15. The molecule has 1 aromatic heterocycles. The van der Waals surface area contributed by atoms with Crippen LogP contribution in [0.1, 0.15) is 54.8 Å². The molecule has 1 unspecified atom stereocenters. The van der Waals surface area contributed by atoms with E-state index < -0.39 is 14.6 Å². The number of pyridine rings is 1. The number of aromatic nitrogens is 1. The molecule has 0 spiro atoms. The Morgan fingerprint density at radius 2 is 2.00 bits per heavy atom. The van der Waals surface area contributed by atoms with Gasteiger partial charge in [0, 0.05) is 30.2 Å². The summed E-state index contributed by atoms with van der Waals surface area (Å²) in [4.78, 5) is 4.39. The van der Waals surface area contributed by atoms with Gasteiger partial charge in [-0.05, 0) is 68.1 Å². The highest BCUT2D eigenvalue weighted by Gasteiger charge is 2.29. The first-order valence-electron chi connectivity index (χ1n) is 9.51. The molecule has 0 saturated carbocycles. The SMILES string of the molecule is CC(C)(C)S(=O)(=O)Cc1ccc(Cc2c(Cl)ccc3c2CCNCC3N)cn1. The van der Waals surface area contributed by atoms with Crippen molar-refractivity contribution in [3.8, 4) is 0 Å². The molecule has 3 rings (SSSR count). The topological polar surface area (TPSA) is 85.1 Å². The van der Waals surface area contributed by atoms with E-state index in [1.807, 2.05) is 18.2 Å². The molecule has 5 nitrogen and oxygen atoms in total. The summed E-state index contributed by atoms with van der Waals surface area (Å²) in [6.07, 6.45) is 3.28. The van der Waals surface area contributed by atoms with Crippen LogP contribution in [-0.4, -0.2) is 31.2 Å². The normalized spacial score (nSPS) is 17.8. The monoisotopic (exact) mass is 421 g/mol. The summed E-state index contributed by atoms with van der Waals surface area (Å²) in [5, 5.41) is 4.09. The predicted octanol–water partition coefficient (Wildman–Crippen LogP) is 3.18. The van der Waals surface area contributed by atoms with Crippen LogP contribution in [0.2, 0.25) is 5.02 Å². The van der Waals surface area contributed by atoms with Gasteiger partial charge in [-0.15, -0.1) is 0 Å². The number of nitrogens with two attached hydrogens (primary N) is 1. The molecule has 152 valence electrons. The minimum absolute atomic E-state index is 0.0448. The number of hydrogen-bond acceptors (Lipinski definition) is 5. The molecule has 2 heterocycles. The molecule has 0 radical (unpaired) electrons. The number of nitrogens with one attached hydrogen (secondary N) is 1. The molecule has 0 bridgehead atoms. The van der Waals surface area contributed by atoms with Gasteiger partial charge in [-0.2, -0.15) is 0 Å². The van der Waals surface area contributed by atoms with E-state index in [0.29, 0.717) is 12.1 Å². The molecule has 7 heteroatoms. The molecular formula is C21H28ClN3O2S. The van der Waals surface area contributed by atoms with Crippen LogP contribution in [0.3, 0.4) is 0 Å². The fraction of sp³-hybridized carbons (Fsp3) is 0.476. The summed E-state index contributed by atoms with van der Waals surface area (Å²) in [6, 6.07) is 7.62. The van der Waals surface area contributed by atoms with Crippen molar-refractivity contribution in [2.75, 3.05) is 13.1 Å². The Balaban J connectivity index is 1.85. The molecular weight excluding hydrogens is 394 g/mol. The maximum atomic E-state index is 12.4. The number of rotatable bonds is 4. The molecule has 1 atom stereocenters. The van der Waals surface area contributed by atoms with Crippen molar-refractivity contribution in [1.29, 1.82) is 0 Å². The van der Waals surface area contributed by atoms with Gasteiger partial charge < -0.3 is 11.1 Å². The Morgan fingerprint density at radius 3 is 2.64 bits per heavy atom. The van der Waals surface area contributed by atoms with Crippen molar-refractivity contribution in [3.05, 3.63) is 63.4 Å². The number of fused-ring (bicyclic) bond motifs is 1. The number of halogens is 1. The van der Waals surface area contributed by atoms with Gasteiger partial charge in [0.15, 0.2) is 9.84 Å². The average molecular weight is 422 g/mol. The number of hydrogen-bond donors (Lipinski definition) is 2. The van der Waals surface area contributed by atoms with Crippen LogP contribution < -0.4 is 11.1 Å². The smallest absolute Gasteiger partial charge is 0.160 e. The van der Waals surface area contributed by atoms with Gasteiger partial charge in [-0.1, -0.05) is 23.7 Å². The lowest BCUT2D eigenvalue weighted by Crippen LogP contribution is -2.29. The highest BCUT2D eigenvalue weighted by atomic mass is 35.5. The molecule has 0 saturated heterocycles. The molecule has 3 N–H and O–H groups in total. The van der Waals surface area contributed by atoms with E-state index in [2.05, 4.69) is 10.3 Å². The number of nitrogens with zero attached hydrogens (tertiary/aromatic N) is 1. The van der Waals surface area contributed by atoms with E-state index in [1.165, 1.54) is 5.56 Å². The van der Waals surface area contributed by atoms with Crippen molar-refractivity contribution in [2.24, 2.45) is 5.73 Å². The maximum Gasteiger partial charge on any atom is 0.160 e. The number of benzene rings is 1. The highest BCUT2D eigenvalue weighted by Crippen LogP contribution is 2.30. The summed E-state index contributed by atoms with van der Waals surface area (Å²) in [5.41, 5.74) is 11.3. The second-order valence-electron chi connectivity index (χ2n) is 8.36. The second-order valence-corrected chi connectivity index (χ2v) is 11.5. The van der Waals surface area contributed by atoms with Crippen LogP contribution >= 0.6 is 11.6 Å². The standard InChI is InChI=1S/C21H28ClN3O2S/c1-21(2,3)28(26,27)13-15-5-4-14(11-25-15)10-18-16-8-9-24-12-20(23)17(16)6-7-19(18)22/h4-7,11,20,24H,8-10,12-13,23H2,1-3H3. The minimum Gasteiger partial charge on any atom is -0.323 e. The first-order chi connectivity index (χ1) is 13.1. The summed E-state index contributed by atoms with van der Waals surface area (Å²) >= 11 is 6.52. The Labute approximate surface area is 172 Å². The van der Waals surface area contributed by atoms with E-state index >= 15 is 0 Å². The quantitative estimate of drug-likeness (QED) is 0.791. The summed E-state index contributed by atoms with van der Waals surface area (Å²) in [7, 11) is -3.26. The zero-order valence-electron chi connectivity index (χ0n) is 16.6. The Bertz CT molecular complexity index is 951. The van der Waals surface area contributed by atoms with Gasteiger partial charge in [0.05, 0.1) is 16.2 Å². The van der Waals surface area contributed by atoms with Gasteiger partial charge in [-0.3, -0.25) is 4.98 Å². The van der Waals surface area contributed by atoms with Crippen LogP contribution in [0, 0.1) is 0 Å². The zero-order valence-corrected chi connectivity index (χ0v) is 18.2. The van der Waals surface area contributed by atoms with E-state index in [9.17, 15) is 8.42 Å². The van der Waals surface area contributed by atoms with Gasteiger partial charge in [0.2, 0.25) is 0 Å². The second kappa shape index (κ2) is 8.11. The highest BCUT2D eigenvalue weighted by molar-refractivity contribution is 7.91. The van der Waals surface area contributed by atoms with Gasteiger partial charge in [0.25, 0.3) is 0 Å². The molecule has 1 aliphatic rings. The predicted molar refractivity (Wildman–Crippen MR) is 114 cm³/mol. The van der Waals surface area contributed by atoms with E-state index in [4.69, 9.17) is 17.3 Å². The van der Waals surface area contributed by atoms with Crippen LogP contribution in [0.25, 0.3) is 0 Å². The maximum absolute atomic E-state index is 12.4. The Hall–Kier alpha value is -1.47. The van der Waals surface area contributed by atoms with Crippen molar-refractivity contribution >= 4 is 21.4 Å². The van der Waals surface area contributed by atoms with Crippen molar-refractivity contribution < 1.29 is 8.42 Å². The summed E-state index contributed by atoms with van der Waals surface area (Å²) in [5.74, 6) is -0.0568. The third-order valence-electron chi connectivity index (χ3n) is 5.26. The molecule has 0 amide bonds. The Morgan fingerprint density at radius 1 is 1.25 bits per heavy atom. The zero-order chi connectivity index (χ0) is 20.5. The third kappa shape index (κ3) is 4.57. The molecule has 1 aromatic carbocycles. The van der Waals surface area contributed by atoms with Crippen LogP contribution in [0.4, 0.5) is 0 Å².